The summed E-state index contributed by atoms with van der Waals surface area (Å²) in [4.78, 5) is 16.6. The van der Waals surface area contributed by atoms with Gasteiger partial charge in [0.25, 0.3) is 5.91 Å². The van der Waals surface area contributed by atoms with Crippen molar-refractivity contribution in [2.75, 3.05) is 5.32 Å². The molecule has 3 heterocycles. The summed E-state index contributed by atoms with van der Waals surface area (Å²) in [5, 5.41) is 11.3. The van der Waals surface area contributed by atoms with Crippen LogP contribution in [0.25, 0.3) is 5.65 Å². The van der Waals surface area contributed by atoms with Gasteiger partial charge in [-0.1, -0.05) is 17.7 Å². The minimum absolute atomic E-state index is 0.152. The first kappa shape index (κ1) is 16.2. The molecule has 7 nitrogen and oxygen atoms in total. The van der Waals surface area contributed by atoms with Crippen molar-refractivity contribution in [1.82, 2.24) is 24.4 Å². The molecule has 3 aromatic heterocycles. The van der Waals surface area contributed by atoms with E-state index in [1.54, 1.807) is 42.9 Å². The lowest BCUT2D eigenvalue weighted by molar-refractivity contribution is 0.102. The Morgan fingerprint density at radius 1 is 1.23 bits per heavy atom. The van der Waals surface area contributed by atoms with Crippen molar-refractivity contribution in [3.8, 4) is 0 Å². The Balaban J connectivity index is 1.52. The summed E-state index contributed by atoms with van der Waals surface area (Å²) in [7, 11) is 0. The molecule has 26 heavy (non-hydrogen) atoms. The molecule has 1 amide bonds. The van der Waals surface area contributed by atoms with Gasteiger partial charge in [-0.05, 0) is 18.2 Å². The van der Waals surface area contributed by atoms with Gasteiger partial charge >= 0.3 is 0 Å². The summed E-state index contributed by atoms with van der Waals surface area (Å²) >= 11 is 6.03. The zero-order valence-corrected chi connectivity index (χ0v) is 14.1. The number of fused-ring (bicyclic) bond motifs is 1. The van der Waals surface area contributed by atoms with E-state index in [2.05, 4.69) is 20.5 Å². The predicted octanol–water partition coefficient (Wildman–Crippen LogP) is 3.02. The summed E-state index contributed by atoms with van der Waals surface area (Å²) in [5.41, 5.74) is 1.11. The second-order valence-electron chi connectivity index (χ2n) is 5.50. The Labute approximate surface area is 152 Å². The molecule has 0 aliphatic rings. The van der Waals surface area contributed by atoms with Gasteiger partial charge in [0.15, 0.2) is 11.5 Å². The second-order valence-corrected chi connectivity index (χ2v) is 5.91. The lowest BCUT2D eigenvalue weighted by atomic mass is 10.2. The van der Waals surface area contributed by atoms with Gasteiger partial charge in [0.1, 0.15) is 11.4 Å². The molecule has 0 aliphatic heterocycles. The third-order valence-electron chi connectivity index (χ3n) is 3.79. The van der Waals surface area contributed by atoms with Gasteiger partial charge in [-0.2, -0.15) is 10.2 Å². The van der Waals surface area contributed by atoms with Gasteiger partial charge in [-0.25, -0.2) is 13.9 Å². The summed E-state index contributed by atoms with van der Waals surface area (Å²) in [6.45, 7) is 0.152. The van der Waals surface area contributed by atoms with Crippen molar-refractivity contribution in [2.24, 2.45) is 0 Å². The van der Waals surface area contributed by atoms with Crippen LogP contribution in [-0.2, 0) is 6.54 Å². The average Bonchev–Trinajstić information content (AvgIpc) is 3.25. The van der Waals surface area contributed by atoms with E-state index in [0.29, 0.717) is 27.6 Å². The molecule has 0 bridgehead atoms. The van der Waals surface area contributed by atoms with Gasteiger partial charge in [-0.3, -0.25) is 9.48 Å². The largest absolute Gasteiger partial charge is 0.305 e. The minimum atomic E-state index is -0.406. The number of nitrogens with zero attached hydrogens (tertiary/aromatic N) is 5. The van der Waals surface area contributed by atoms with Crippen LogP contribution >= 0.6 is 11.6 Å². The fourth-order valence-corrected chi connectivity index (χ4v) is 2.76. The smallest absolute Gasteiger partial charge is 0.262 e. The van der Waals surface area contributed by atoms with E-state index in [0.717, 1.165) is 0 Å². The summed E-state index contributed by atoms with van der Waals surface area (Å²) in [5.74, 6) is -0.457. The highest BCUT2D eigenvalue weighted by atomic mass is 35.5. The Kier molecular flexibility index (Phi) is 4.10. The van der Waals surface area contributed by atoms with Gasteiger partial charge in [0, 0.05) is 35.2 Å². The van der Waals surface area contributed by atoms with Crippen LogP contribution in [0.1, 0.15) is 15.9 Å². The molecule has 9 heteroatoms. The molecule has 1 N–H and O–H groups in total. The maximum atomic E-state index is 13.9. The van der Waals surface area contributed by atoms with Gasteiger partial charge < -0.3 is 5.32 Å². The molecule has 0 saturated carbocycles. The Morgan fingerprint density at radius 2 is 2.12 bits per heavy atom. The number of halogens is 2. The Morgan fingerprint density at radius 3 is 2.96 bits per heavy atom. The second kappa shape index (κ2) is 6.57. The van der Waals surface area contributed by atoms with Crippen molar-refractivity contribution in [3.63, 3.8) is 0 Å². The van der Waals surface area contributed by atoms with Crippen LogP contribution in [0.4, 0.5) is 10.2 Å². The van der Waals surface area contributed by atoms with Crippen LogP contribution < -0.4 is 5.32 Å². The van der Waals surface area contributed by atoms with Crippen molar-refractivity contribution in [2.45, 2.75) is 6.54 Å². The first-order chi connectivity index (χ1) is 12.6. The maximum absolute atomic E-state index is 13.9. The number of amides is 1. The maximum Gasteiger partial charge on any atom is 0.262 e. The van der Waals surface area contributed by atoms with E-state index in [9.17, 15) is 9.18 Å². The van der Waals surface area contributed by atoms with Crippen LogP contribution in [0.5, 0.6) is 0 Å². The average molecular weight is 371 g/mol. The monoisotopic (exact) mass is 370 g/mol. The first-order valence-electron chi connectivity index (χ1n) is 7.68. The van der Waals surface area contributed by atoms with Gasteiger partial charge in [-0.15, -0.1) is 0 Å². The van der Waals surface area contributed by atoms with E-state index in [4.69, 9.17) is 11.6 Å². The van der Waals surface area contributed by atoms with E-state index < -0.39 is 5.82 Å². The van der Waals surface area contributed by atoms with Crippen molar-refractivity contribution >= 4 is 29.0 Å². The molecule has 0 atom stereocenters. The number of carbonyl (C=O) groups is 1. The lowest BCUT2D eigenvalue weighted by Gasteiger charge is -2.06. The molecule has 4 aromatic rings. The SMILES string of the molecule is O=C(Nc1ccn(Cc2c(F)cccc2Cl)n1)c1cnn2cccnc12. The topological polar surface area (TPSA) is 77.1 Å². The molecule has 0 radical (unpaired) electrons. The number of benzene rings is 1. The van der Waals surface area contributed by atoms with E-state index >= 15 is 0 Å². The number of hydrogen-bond acceptors (Lipinski definition) is 4. The first-order valence-corrected chi connectivity index (χ1v) is 8.05. The summed E-state index contributed by atoms with van der Waals surface area (Å²) in [6.07, 6.45) is 6.35. The predicted molar refractivity (Wildman–Crippen MR) is 93.7 cm³/mol. The normalized spacial score (nSPS) is 11.0. The molecule has 1 aromatic carbocycles. The van der Waals surface area contributed by atoms with E-state index in [1.807, 2.05) is 0 Å². The standard InChI is InChI=1S/C17H12ClFN6O/c18-13-3-1-4-14(19)12(13)10-24-8-5-15(23-24)22-17(26)11-9-21-25-7-2-6-20-16(11)25/h1-9H,10H2,(H,22,23,26). The molecular weight excluding hydrogens is 359 g/mol. The zero-order valence-electron chi connectivity index (χ0n) is 13.3. The molecule has 4 rings (SSSR count). The van der Waals surface area contributed by atoms with Crippen LogP contribution in [0.15, 0.2) is 55.1 Å². The quantitative estimate of drug-likeness (QED) is 0.599. The number of aromatic nitrogens is 5. The number of hydrogen-bond donors (Lipinski definition) is 1. The molecule has 130 valence electrons. The van der Waals surface area contributed by atoms with Crippen molar-refractivity contribution < 1.29 is 9.18 Å². The van der Waals surface area contributed by atoms with E-state index in [1.165, 1.54) is 21.5 Å². The highest BCUT2D eigenvalue weighted by Crippen LogP contribution is 2.20. The lowest BCUT2D eigenvalue weighted by Crippen LogP contribution is -2.13. The molecule has 0 fully saturated rings. The highest BCUT2D eigenvalue weighted by molar-refractivity contribution is 6.31. The summed E-state index contributed by atoms with van der Waals surface area (Å²) in [6, 6.07) is 7.83. The van der Waals surface area contributed by atoms with Crippen LogP contribution in [0.3, 0.4) is 0 Å². The fraction of sp³-hybridized carbons (Fsp3) is 0.0588. The van der Waals surface area contributed by atoms with E-state index in [-0.39, 0.29) is 12.5 Å². The molecule has 0 spiro atoms. The van der Waals surface area contributed by atoms with Crippen LogP contribution in [0.2, 0.25) is 5.02 Å². The Hall–Kier alpha value is -3.26. The third-order valence-corrected chi connectivity index (χ3v) is 4.14. The number of rotatable bonds is 4. The molecular formula is C17H12ClFN6O. The fourth-order valence-electron chi connectivity index (χ4n) is 2.53. The van der Waals surface area contributed by atoms with Crippen LogP contribution in [0, 0.1) is 5.82 Å². The minimum Gasteiger partial charge on any atom is -0.305 e. The number of nitrogens with one attached hydrogen (secondary N) is 1. The molecule has 0 unspecified atom stereocenters. The van der Waals surface area contributed by atoms with Crippen LogP contribution in [-0.4, -0.2) is 30.3 Å². The van der Waals surface area contributed by atoms with Crippen molar-refractivity contribution in [3.05, 3.63) is 77.1 Å². The van der Waals surface area contributed by atoms with Crippen molar-refractivity contribution in [1.29, 1.82) is 0 Å². The third kappa shape index (κ3) is 3.02. The highest BCUT2D eigenvalue weighted by Gasteiger charge is 2.15. The number of anilines is 1. The number of carbonyl (C=O) groups excluding carboxylic acids is 1. The molecule has 0 saturated heterocycles. The van der Waals surface area contributed by atoms with Gasteiger partial charge in [0.2, 0.25) is 0 Å². The van der Waals surface area contributed by atoms with Gasteiger partial charge in [0.05, 0.1) is 12.7 Å². The Bertz CT molecular complexity index is 1090. The molecule has 0 aliphatic carbocycles. The summed E-state index contributed by atoms with van der Waals surface area (Å²) < 4.78 is 16.9. The zero-order chi connectivity index (χ0) is 18.1.